The Hall–Kier alpha value is -0.195. The highest BCUT2D eigenvalue weighted by Crippen LogP contribution is 2.46. The van der Waals surface area contributed by atoms with Gasteiger partial charge in [-0.15, -0.1) is 5.47 Å². The van der Waals surface area contributed by atoms with Crippen LogP contribution in [0.15, 0.2) is 11.5 Å². The van der Waals surface area contributed by atoms with E-state index in [1.807, 2.05) is 0 Å². The van der Waals surface area contributed by atoms with Gasteiger partial charge in [0.25, 0.3) is 0 Å². The van der Waals surface area contributed by atoms with E-state index in [0.29, 0.717) is 5.41 Å². The van der Waals surface area contributed by atoms with Crippen LogP contribution in [-0.2, 0) is 0 Å². The molecule has 0 aromatic rings. The third-order valence-corrected chi connectivity index (χ3v) is 3.66. The molecule has 1 saturated carbocycles. The van der Waals surface area contributed by atoms with Crippen molar-refractivity contribution in [3.05, 3.63) is 11.5 Å². The predicted molar refractivity (Wildman–Crippen MR) is 53.2 cm³/mol. The van der Waals surface area contributed by atoms with Gasteiger partial charge in [0.2, 0.25) is 0 Å². The second kappa shape index (κ2) is 3.28. The zero-order valence-electron chi connectivity index (χ0n) is 7.81. The van der Waals surface area contributed by atoms with Gasteiger partial charge in [-0.05, 0) is 37.5 Å². The fourth-order valence-corrected chi connectivity index (χ4v) is 2.72. The van der Waals surface area contributed by atoms with Gasteiger partial charge in [-0.3, -0.25) is 0 Å². The summed E-state index contributed by atoms with van der Waals surface area (Å²) in [7, 11) is 5.79. The fourth-order valence-electron chi connectivity index (χ4n) is 2.72. The minimum atomic E-state index is 0.682. The van der Waals surface area contributed by atoms with Crippen LogP contribution in [0.3, 0.4) is 0 Å². The fraction of sp³-hybridized carbons (Fsp3) is 0.818. The summed E-state index contributed by atoms with van der Waals surface area (Å²) < 4.78 is 0. The van der Waals surface area contributed by atoms with Crippen LogP contribution >= 0.6 is 0 Å². The maximum absolute atomic E-state index is 5.79. The van der Waals surface area contributed by atoms with Crippen LogP contribution in [0.1, 0.15) is 51.4 Å². The highest BCUT2D eigenvalue weighted by molar-refractivity contribution is 6.21. The van der Waals surface area contributed by atoms with E-state index in [1.54, 1.807) is 0 Å². The number of hydrogen-bond donors (Lipinski definition) is 0. The van der Waals surface area contributed by atoms with Crippen molar-refractivity contribution in [1.82, 2.24) is 0 Å². The molecule has 2 radical (unpaired) electrons. The van der Waals surface area contributed by atoms with Gasteiger partial charge in [0, 0.05) is 0 Å². The molecule has 0 nitrogen and oxygen atoms in total. The molecule has 0 aromatic heterocycles. The Balaban J connectivity index is 2.02. The minimum absolute atomic E-state index is 0.682. The third kappa shape index (κ3) is 1.60. The SMILES string of the molecule is [B]C1=CCC2(CCCCC2)CC1. The molecule has 0 saturated heterocycles. The van der Waals surface area contributed by atoms with Crippen LogP contribution in [-0.4, -0.2) is 7.85 Å². The number of rotatable bonds is 0. The quantitative estimate of drug-likeness (QED) is 0.477. The van der Waals surface area contributed by atoms with Crippen molar-refractivity contribution in [2.24, 2.45) is 5.41 Å². The zero-order chi connectivity index (χ0) is 8.44. The van der Waals surface area contributed by atoms with Crippen molar-refractivity contribution in [2.75, 3.05) is 0 Å². The van der Waals surface area contributed by atoms with Crippen LogP contribution in [0.4, 0.5) is 0 Å². The maximum Gasteiger partial charge on any atom is 0.107 e. The van der Waals surface area contributed by atoms with Gasteiger partial charge < -0.3 is 0 Å². The highest BCUT2D eigenvalue weighted by Gasteiger charge is 2.32. The molecule has 1 fully saturated rings. The molecule has 2 aliphatic rings. The van der Waals surface area contributed by atoms with Gasteiger partial charge in [-0.25, -0.2) is 0 Å². The third-order valence-electron chi connectivity index (χ3n) is 3.66. The molecular formula is C11H17B. The van der Waals surface area contributed by atoms with Gasteiger partial charge in [-0.1, -0.05) is 25.3 Å². The molecule has 2 rings (SSSR count). The molecule has 0 unspecified atom stereocenters. The second-order valence-corrected chi connectivity index (χ2v) is 4.54. The van der Waals surface area contributed by atoms with E-state index in [-0.39, 0.29) is 0 Å². The molecule has 0 aliphatic heterocycles. The first kappa shape index (κ1) is 8.41. The highest BCUT2D eigenvalue weighted by atomic mass is 14.4. The molecule has 1 spiro atoms. The van der Waals surface area contributed by atoms with Crippen molar-refractivity contribution in [3.8, 4) is 0 Å². The summed E-state index contributed by atoms with van der Waals surface area (Å²) in [5.41, 5.74) is 1.81. The van der Waals surface area contributed by atoms with E-state index < -0.39 is 0 Å². The Bertz CT molecular complexity index is 187. The first-order valence-corrected chi connectivity index (χ1v) is 5.25. The van der Waals surface area contributed by atoms with E-state index >= 15 is 0 Å². The molecule has 0 N–H and O–H groups in total. The summed E-state index contributed by atoms with van der Waals surface area (Å²) in [5, 5.41) is 0. The van der Waals surface area contributed by atoms with Crippen LogP contribution in [0.2, 0.25) is 0 Å². The largest absolute Gasteiger partial charge is 0.122 e. The van der Waals surface area contributed by atoms with E-state index in [1.165, 1.54) is 44.9 Å². The topological polar surface area (TPSA) is 0 Å². The number of allylic oxidation sites excluding steroid dienone is 2. The van der Waals surface area contributed by atoms with Crippen molar-refractivity contribution in [2.45, 2.75) is 51.4 Å². The summed E-state index contributed by atoms with van der Waals surface area (Å²) in [6, 6.07) is 0. The standard InChI is InChI=1S/C11H17B/c12-10-4-8-11(9-5-10)6-2-1-3-7-11/h4H,1-3,5-9H2. The van der Waals surface area contributed by atoms with Crippen molar-refractivity contribution in [3.63, 3.8) is 0 Å². The zero-order valence-corrected chi connectivity index (χ0v) is 7.81. The lowest BCUT2D eigenvalue weighted by molar-refractivity contribution is 0.169. The predicted octanol–water partition coefficient (Wildman–Crippen LogP) is 3.17. The molecular weight excluding hydrogens is 143 g/mol. The maximum atomic E-state index is 5.79. The number of hydrogen-bond acceptors (Lipinski definition) is 0. The molecule has 0 amide bonds. The average molecular weight is 160 g/mol. The van der Waals surface area contributed by atoms with Crippen LogP contribution in [0, 0.1) is 5.41 Å². The van der Waals surface area contributed by atoms with Crippen LogP contribution < -0.4 is 0 Å². The first-order valence-electron chi connectivity index (χ1n) is 5.25. The Morgan fingerprint density at radius 3 is 2.42 bits per heavy atom. The Morgan fingerprint density at radius 1 is 1.08 bits per heavy atom. The van der Waals surface area contributed by atoms with Crippen molar-refractivity contribution in [1.29, 1.82) is 0 Å². The van der Waals surface area contributed by atoms with Crippen molar-refractivity contribution >= 4 is 7.85 Å². The Kier molecular flexibility index (Phi) is 2.30. The monoisotopic (exact) mass is 160 g/mol. The van der Waals surface area contributed by atoms with Gasteiger partial charge in [0.1, 0.15) is 7.85 Å². The average Bonchev–Trinajstić information content (AvgIpc) is 2.13. The van der Waals surface area contributed by atoms with Crippen molar-refractivity contribution < 1.29 is 0 Å². The van der Waals surface area contributed by atoms with E-state index in [0.717, 1.165) is 11.9 Å². The summed E-state index contributed by atoms with van der Waals surface area (Å²) >= 11 is 0. The summed E-state index contributed by atoms with van der Waals surface area (Å²) in [6.45, 7) is 0. The molecule has 0 heterocycles. The lowest BCUT2D eigenvalue weighted by Gasteiger charge is -2.39. The van der Waals surface area contributed by atoms with Gasteiger partial charge >= 0.3 is 0 Å². The Labute approximate surface area is 76.8 Å². The second-order valence-electron chi connectivity index (χ2n) is 4.54. The molecule has 64 valence electrons. The van der Waals surface area contributed by atoms with E-state index in [9.17, 15) is 0 Å². The minimum Gasteiger partial charge on any atom is -0.122 e. The van der Waals surface area contributed by atoms with E-state index in [2.05, 4.69) is 6.08 Å². The molecule has 2 aliphatic carbocycles. The Morgan fingerprint density at radius 2 is 1.83 bits per heavy atom. The summed E-state index contributed by atoms with van der Waals surface area (Å²) in [5.74, 6) is 0. The van der Waals surface area contributed by atoms with E-state index in [4.69, 9.17) is 7.85 Å². The van der Waals surface area contributed by atoms with Crippen LogP contribution in [0.5, 0.6) is 0 Å². The molecule has 0 bridgehead atoms. The lowest BCUT2D eigenvalue weighted by Crippen LogP contribution is -2.25. The lowest BCUT2D eigenvalue weighted by atomic mass is 9.64. The molecule has 1 heteroatoms. The summed E-state index contributed by atoms with van der Waals surface area (Å²) in [6.07, 6.45) is 13.3. The summed E-state index contributed by atoms with van der Waals surface area (Å²) in [4.78, 5) is 0. The molecule has 0 aromatic carbocycles. The first-order chi connectivity index (χ1) is 5.81. The normalized spacial score (nSPS) is 28.5. The molecule has 0 atom stereocenters. The van der Waals surface area contributed by atoms with Gasteiger partial charge in [0.15, 0.2) is 0 Å². The van der Waals surface area contributed by atoms with Gasteiger partial charge in [0.05, 0.1) is 0 Å². The van der Waals surface area contributed by atoms with Crippen LogP contribution in [0.25, 0.3) is 0 Å². The van der Waals surface area contributed by atoms with Gasteiger partial charge in [-0.2, -0.15) is 0 Å². The smallest absolute Gasteiger partial charge is 0.107 e. The molecule has 12 heavy (non-hydrogen) atoms.